The Morgan fingerprint density at radius 3 is 2.82 bits per heavy atom. The molecule has 0 aromatic carbocycles. The van der Waals surface area contributed by atoms with Gasteiger partial charge in [-0.15, -0.1) is 11.8 Å². The molecule has 0 aliphatic rings. The zero-order valence-corrected chi connectivity index (χ0v) is 7.69. The molecular formula is C7H14O3S. The van der Waals surface area contributed by atoms with Crippen molar-refractivity contribution in [1.29, 1.82) is 0 Å². The number of aliphatic carboxylic acids is 1. The van der Waals surface area contributed by atoms with E-state index in [2.05, 4.69) is 0 Å². The Hall–Kier alpha value is -0.220. The first kappa shape index (κ1) is 10.8. The lowest BCUT2D eigenvalue weighted by Gasteiger charge is -2.04. The fourth-order valence-corrected chi connectivity index (χ4v) is 1.21. The first-order chi connectivity index (χ1) is 5.18. The van der Waals surface area contributed by atoms with E-state index in [1.165, 1.54) is 11.8 Å². The summed E-state index contributed by atoms with van der Waals surface area (Å²) in [6.07, 6.45) is 0. The van der Waals surface area contributed by atoms with Crippen molar-refractivity contribution in [3.05, 3.63) is 0 Å². The topological polar surface area (TPSA) is 46.5 Å². The lowest BCUT2D eigenvalue weighted by molar-refractivity contribution is -0.136. The second-order valence-electron chi connectivity index (χ2n) is 2.05. The quantitative estimate of drug-likeness (QED) is 0.621. The van der Waals surface area contributed by atoms with Crippen LogP contribution in [0.25, 0.3) is 0 Å². The van der Waals surface area contributed by atoms with Crippen molar-refractivity contribution in [2.75, 3.05) is 19.0 Å². The maximum Gasteiger partial charge on any atom is 0.316 e. The Morgan fingerprint density at radius 1 is 1.73 bits per heavy atom. The standard InChI is InChI=1S/C7H14O3S/c1-3-10-4-5-11-6(2)7(8)9/h6H,3-5H2,1-2H3,(H,8,9). The van der Waals surface area contributed by atoms with Crippen LogP contribution in [0.4, 0.5) is 0 Å². The number of thioether (sulfide) groups is 1. The van der Waals surface area contributed by atoms with Gasteiger partial charge in [-0.1, -0.05) is 0 Å². The van der Waals surface area contributed by atoms with E-state index >= 15 is 0 Å². The molecule has 0 heterocycles. The maximum atomic E-state index is 10.3. The van der Waals surface area contributed by atoms with Crippen LogP contribution in [0.2, 0.25) is 0 Å². The molecule has 0 aliphatic heterocycles. The number of hydrogen-bond acceptors (Lipinski definition) is 3. The van der Waals surface area contributed by atoms with Gasteiger partial charge in [0.1, 0.15) is 0 Å². The summed E-state index contributed by atoms with van der Waals surface area (Å²) >= 11 is 1.40. The number of ether oxygens (including phenoxy) is 1. The predicted octanol–water partition coefficient (Wildman–Crippen LogP) is 1.23. The van der Waals surface area contributed by atoms with Gasteiger partial charge in [0.25, 0.3) is 0 Å². The van der Waals surface area contributed by atoms with Crippen LogP contribution < -0.4 is 0 Å². The summed E-state index contributed by atoms with van der Waals surface area (Å²) < 4.78 is 5.05. The zero-order chi connectivity index (χ0) is 8.69. The normalized spacial score (nSPS) is 12.9. The van der Waals surface area contributed by atoms with Crippen molar-refractivity contribution >= 4 is 17.7 Å². The summed E-state index contributed by atoms with van der Waals surface area (Å²) in [4.78, 5) is 10.3. The zero-order valence-electron chi connectivity index (χ0n) is 6.87. The van der Waals surface area contributed by atoms with E-state index in [1.54, 1.807) is 6.92 Å². The van der Waals surface area contributed by atoms with Gasteiger partial charge in [0, 0.05) is 12.4 Å². The molecule has 0 rings (SSSR count). The van der Waals surface area contributed by atoms with Crippen LogP contribution in [0.15, 0.2) is 0 Å². The summed E-state index contributed by atoms with van der Waals surface area (Å²) in [6.45, 7) is 4.94. The van der Waals surface area contributed by atoms with E-state index in [1.807, 2.05) is 6.92 Å². The van der Waals surface area contributed by atoms with Crippen LogP contribution in [-0.4, -0.2) is 35.3 Å². The van der Waals surface area contributed by atoms with Crippen LogP contribution in [0, 0.1) is 0 Å². The van der Waals surface area contributed by atoms with Gasteiger partial charge < -0.3 is 9.84 Å². The summed E-state index contributed by atoms with van der Waals surface area (Å²) in [5.41, 5.74) is 0. The molecule has 66 valence electrons. The Labute approximate surface area is 71.1 Å². The molecule has 1 N–H and O–H groups in total. The second kappa shape index (κ2) is 6.49. The summed E-state index contributed by atoms with van der Waals surface area (Å²) in [7, 11) is 0. The van der Waals surface area contributed by atoms with Crippen molar-refractivity contribution < 1.29 is 14.6 Å². The highest BCUT2D eigenvalue weighted by molar-refractivity contribution is 8.00. The molecular weight excluding hydrogens is 164 g/mol. The van der Waals surface area contributed by atoms with Gasteiger partial charge >= 0.3 is 5.97 Å². The summed E-state index contributed by atoms with van der Waals surface area (Å²) in [6, 6.07) is 0. The number of rotatable bonds is 6. The van der Waals surface area contributed by atoms with Gasteiger partial charge in [-0.25, -0.2) is 0 Å². The van der Waals surface area contributed by atoms with Crippen LogP contribution in [-0.2, 0) is 9.53 Å². The molecule has 0 amide bonds. The maximum absolute atomic E-state index is 10.3. The molecule has 1 unspecified atom stereocenters. The second-order valence-corrected chi connectivity index (χ2v) is 3.50. The molecule has 3 nitrogen and oxygen atoms in total. The van der Waals surface area contributed by atoms with Crippen molar-refractivity contribution in [3.8, 4) is 0 Å². The number of hydrogen-bond donors (Lipinski definition) is 1. The average Bonchev–Trinajstić information content (AvgIpc) is 1.97. The minimum absolute atomic E-state index is 0.324. The third kappa shape index (κ3) is 6.19. The lowest BCUT2D eigenvalue weighted by atomic mass is 10.5. The summed E-state index contributed by atoms with van der Waals surface area (Å²) in [5.74, 6) is -0.00658. The molecule has 0 fully saturated rings. The van der Waals surface area contributed by atoms with Gasteiger partial charge in [0.2, 0.25) is 0 Å². The average molecular weight is 178 g/mol. The summed E-state index contributed by atoms with van der Waals surface area (Å²) in [5, 5.41) is 8.15. The molecule has 0 saturated heterocycles. The molecule has 0 bridgehead atoms. The first-order valence-electron chi connectivity index (χ1n) is 3.60. The Bertz CT molecular complexity index is 116. The van der Waals surface area contributed by atoms with Crippen molar-refractivity contribution in [1.82, 2.24) is 0 Å². The molecule has 0 aliphatic carbocycles. The number of carboxylic acids is 1. The van der Waals surface area contributed by atoms with Gasteiger partial charge in [-0.05, 0) is 13.8 Å². The van der Waals surface area contributed by atoms with Crippen LogP contribution in [0.5, 0.6) is 0 Å². The van der Waals surface area contributed by atoms with E-state index in [0.717, 1.165) is 5.75 Å². The van der Waals surface area contributed by atoms with Crippen LogP contribution >= 0.6 is 11.8 Å². The van der Waals surface area contributed by atoms with E-state index < -0.39 is 5.97 Å². The first-order valence-corrected chi connectivity index (χ1v) is 4.65. The van der Waals surface area contributed by atoms with E-state index in [-0.39, 0.29) is 5.25 Å². The van der Waals surface area contributed by atoms with Crippen molar-refractivity contribution in [3.63, 3.8) is 0 Å². The van der Waals surface area contributed by atoms with Crippen LogP contribution in [0.3, 0.4) is 0 Å². The number of carbonyl (C=O) groups is 1. The molecule has 0 spiro atoms. The minimum Gasteiger partial charge on any atom is -0.480 e. The van der Waals surface area contributed by atoms with Crippen molar-refractivity contribution in [2.45, 2.75) is 19.1 Å². The molecule has 0 aromatic rings. The third-order valence-corrected chi connectivity index (χ3v) is 2.25. The SMILES string of the molecule is CCOCCSC(C)C(=O)O. The van der Waals surface area contributed by atoms with Gasteiger partial charge in [0.05, 0.1) is 11.9 Å². The Morgan fingerprint density at radius 2 is 2.36 bits per heavy atom. The number of carboxylic acid groups (broad SMARTS) is 1. The van der Waals surface area contributed by atoms with Crippen molar-refractivity contribution in [2.24, 2.45) is 0 Å². The minimum atomic E-state index is -0.758. The predicted molar refractivity (Wildman–Crippen MR) is 46.0 cm³/mol. The molecule has 0 saturated carbocycles. The highest BCUT2D eigenvalue weighted by Gasteiger charge is 2.09. The van der Waals surface area contributed by atoms with Crippen LogP contribution in [0.1, 0.15) is 13.8 Å². The molecule has 11 heavy (non-hydrogen) atoms. The van der Waals surface area contributed by atoms with E-state index in [0.29, 0.717) is 13.2 Å². The lowest BCUT2D eigenvalue weighted by Crippen LogP contribution is -2.13. The molecule has 1 atom stereocenters. The highest BCUT2D eigenvalue weighted by Crippen LogP contribution is 2.09. The Balaban J connectivity index is 3.17. The Kier molecular flexibility index (Phi) is 6.36. The van der Waals surface area contributed by atoms with E-state index in [4.69, 9.17) is 9.84 Å². The fraction of sp³-hybridized carbons (Fsp3) is 0.857. The molecule has 4 heteroatoms. The smallest absolute Gasteiger partial charge is 0.316 e. The fourth-order valence-electron chi connectivity index (χ4n) is 0.499. The van der Waals surface area contributed by atoms with E-state index in [9.17, 15) is 4.79 Å². The highest BCUT2D eigenvalue weighted by atomic mass is 32.2. The van der Waals surface area contributed by atoms with Gasteiger partial charge in [-0.3, -0.25) is 4.79 Å². The molecule has 0 radical (unpaired) electrons. The monoisotopic (exact) mass is 178 g/mol. The largest absolute Gasteiger partial charge is 0.480 e. The van der Waals surface area contributed by atoms with Gasteiger partial charge in [-0.2, -0.15) is 0 Å². The molecule has 0 aromatic heterocycles. The third-order valence-electron chi connectivity index (χ3n) is 1.15. The van der Waals surface area contributed by atoms with Gasteiger partial charge in [0.15, 0.2) is 0 Å².